The van der Waals surface area contributed by atoms with E-state index in [1.54, 1.807) is 7.11 Å². The summed E-state index contributed by atoms with van der Waals surface area (Å²) >= 11 is 2.70. The van der Waals surface area contributed by atoms with Gasteiger partial charge in [0.2, 0.25) is 11.0 Å². The molecule has 2 rings (SSSR count). The summed E-state index contributed by atoms with van der Waals surface area (Å²) in [5, 5.41) is 14.5. The van der Waals surface area contributed by atoms with Crippen LogP contribution in [-0.4, -0.2) is 35.5 Å². The number of methoxy groups -OCH3 is 1. The van der Waals surface area contributed by atoms with E-state index in [9.17, 15) is 4.79 Å². The Bertz CT molecular complexity index is 664. The molecule has 0 radical (unpaired) electrons. The maximum absolute atomic E-state index is 11.4. The molecule has 1 heterocycles. The van der Waals surface area contributed by atoms with Gasteiger partial charge in [0.05, 0.1) is 19.4 Å². The van der Waals surface area contributed by atoms with Gasteiger partial charge in [0, 0.05) is 5.69 Å². The molecule has 114 valence electrons. The van der Waals surface area contributed by atoms with Crippen molar-refractivity contribution in [3.63, 3.8) is 0 Å². The van der Waals surface area contributed by atoms with Gasteiger partial charge < -0.3 is 15.4 Å². The Morgan fingerprint density at radius 3 is 2.86 bits per heavy atom. The lowest BCUT2D eigenvalue weighted by Gasteiger charge is -2.03. The number of rotatable bonds is 7. The number of nitrogens with zero attached hydrogens (tertiary/aromatic N) is 2. The Morgan fingerprint density at radius 2 is 2.18 bits per heavy atom. The molecule has 0 aliphatic rings. The third-order valence-corrected chi connectivity index (χ3v) is 4.43. The van der Waals surface area contributed by atoms with Crippen molar-refractivity contribution in [1.82, 2.24) is 15.5 Å². The molecule has 0 unspecified atom stereocenters. The maximum atomic E-state index is 11.4. The number of terminal acetylenes is 1. The van der Waals surface area contributed by atoms with Gasteiger partial charge in [-0.2, -0.15) is 0 Å². The molecule has 1 aromatic heterocycles. The molecule has 0 fully saturated rings. The number of aromatic nitrogens is 2. The van der Waals surface area contributed by atoms with Crippen molar-refractivity contribution in [1.29, 1.82) is 0 Å². The molecule has 1 amide bonds. The molecule has 0 bridgehead atoms. The maximum Gasteiger partial charge on any atom is 0.231 e. The van der Waals surface area contributed by atoms with Gasteiger partial charge in [-0.1, -0.05) is 29.0 Å². The van der Waals surface area contributed by atoms with Crippen molar-refractivity contribution in [2.75, 3.05) is 24.7 Å². The second-order valence-electron chi connectivity index (χ2n) is 4.00. The number of anilines is 2. The Hall–Kier alpha value is -2.24. The van der Waals surface area contributed by atoms with Crippen LogP contribution in [0.1, 0.15) is 0 Å². The first-order valence-electron chi connectivity index (χ1n) is 6.29. The van der Waals surface area contributed by atoms with E-state index in [1.165, 1.54) is 23.1 Å². The predicted molar refractivity (Wildman–Crippen MR) is 88.8 cm³/mol. The number of ether oxygens (including phenoxy) is 1. The van der Waals surface area contributed by atoms with Gasteiger partial charge in [-0.05, 0) is 24.3 Å². The molecule has 6 nitrogen and oxygen atoms in total. The van der Waals surface area contributed by atoms with Crippen LogP contribution in [0.3, 0.4) is 0 Å². The molecule has 2 aromatic rings. The van der Waals surface area contributed by atoms with Crippen LogP contribution in [0.5, 0.6) is 5.75 Å². The van der Waals surface area contributed by atoms with E-state index in [1.807, 2.05) is 24.3 Å². The molecule has 8 heteroatoms. The molecular formula is C14H14N4O2S2. The summed E-state index contributed by atoms with van der Waals surface area (Å²) in [5.41, 5.74) is 0.889. The van der Waals surface area contributed by atoms with E-state index in [0.717, 1.165) is 11.4 Å². The fraction of sp³-hybridized carbons (Fsp3) is 0.214. The fourth-order valence-electron chi connectivity index (χ4n) is 1.44. The molecule has 0 saturated heterocycles. The number of carbonyl (C=O) groups excluding carboxylic acids is 1. The molecule has 0 atom stereocenters. The summed E-state index contributed by atoms with van der Waals surface area (Å²) in [7, 11) is 1.62. The Balaban J connectivity index is 1.85. The smallest absolute Gasteiger partial charge is 0.231 e. The Labute approximate surface area is 136 Å². The minimum Gasteiger partial charge on any atom is -0.497 e. The van der Waals surface area contributed by atoms with E-state index >= 15 is 0 Å². The SMILES string of the molecule is C#CCNC(=O)CSc1nnc(Nc2ccc(OC)cc2)s1. The highest BCUT2D eigenvalue weighted by atomic mass is 32.2. The van der Waals surface area contributed by atoms with Gasteiger partial charge in [0.25, 0.3) is 0 Å². The minimum atomic E-state index is -0.122. The summed E-state index contributed by atoms with van der Waals surface area (Å²) in [6.07, 6.45) is 5.07. The zero-order valence-corrected chi connectivity index (χ0v) is 13.5. The van der Waals surface area contributed by atoms with Crippen LogP contribution in [0.2, 0.25) is 0 Å². The second-order valence-corrected chi connectivity index (χ2v) is 6.20. The van der Waals surface area contributed by atoms with Gasteiger partial charge in [-0.15, -0.1) is 16.6 Å². The van der Waals surface area contributed by atoms with Gasteiger partial charge >= 0.3 is 0 Å². The number of amides is 1. The minimum absolute atomic E-state index is 0.122. The summed E-state index contributed by atoms with van der Waals surface area (Å²) in [5.74, 6) is 3.28. The number of nitrogens with one attached hydrogen (secondary N) is 2. The van der Waals surface area contributed by atoms with Crippen molar-refractivity contribution in [3.8, 4) is 18.1 Å². The number of hydrogen-bond donors (Lipinski definition) is 2. The van der Waals surface area contributed by atoms with Crippen LogP contribution in [0.15, 0.2) is 28.6 Å². The predicted octanol–water partition coefficient (Wildman–Crippen LogP) is 2.13. The van der Waals surface area contributed by atoms with E-state index in [0.29, 0.717) is 9.47 Å². The monoisotopic (exact) mass is 334 g/mol. The summed E-state index contributed by atoms with van der Waals surface area (Å²) in [4.78, 5) is 11.4. The molecule has 1 aromatic carbocycles. The standard InChI is InChI=1S/C14H14N4O2S2/c1-3-8-15-12(19)9-21-14-18-17-13(22-14)16-10-4-6-11(20-2)7-5-10/h1,4-7H,8-9H2,2H3,(H,15,19)(H,16,17). The largest absolute Gasteiger partial charge is 0.497 e. The second kappa shape index (κ2) is 8.26. The quantitative estimate of drug-likeness (QED) is 0.597. The number of carbonyl (C=O) groups is 1. The lowest BCUT2D eigenvalue weighted by Crippen LogP contribution is -2.25. The van der Waals surface area contributed by atoms with Crippen LogP contribution in [0.4, 0.5) is 10.8 Å². The molecule has 2 N–H and O–H groups in total. The van der Waals surface area contributed by atoms with Crippen molar-refractivity contribution < 1.29 is 9.53 Å². The first kappa shape index (κ1) is 16.1. The van der Waals surface area contributed by atoms with E-state index < -0.39 is 0 Å². The van der Waals surface area contributed by atoms with Crippen LogP contribution >= 0.6 is 23.1 Å². The van der Waals surface area contributed by atoms with Crippen molar-refractivity contribution in [2.24, 2.45) is 0 Å². The van der Waals surface area contributed by atoms with Crippen molar-refractivity contribution >= 4 is 39.8 Å². The molecular weight excluding hydrogens is 320 g/mol. The molecule has 0 spiro atoms. The van der Waals surface area contributed by atoms with E-state index in [2.05, 4.69) is 26.8 Å². The zero-order valence-electron chi connectivity index (χ0n) is 11.8. The lowest BCUT2D eigenvalue weighted by molar-refractivity contribution is -0.118. The van der Waals surface area contributed by atoms with Crippen LogP contribution in [0.25, 0.3) is 0 Å². The summed E-state index contributed by atoms with van der Waals surface area (Å²) < 4.78 is 5.81. The van der Waals surface area contributed by atoms with Crippen LogP contribution in [-0.2, 0) is 4.79 Å². The van der Waals surface area contributed by atoms with E-state index in [-0.39, 0.29) is 18.2 Å². The average molecular weight is 334 g/mol. The average Bonchev–Trinajstić information content (AvgIpc) is 2.99. The van der Waals surface area contributed by atoms with Gasteiger partial charge in [-0.3, -0.25) is 4.79 Å². The van der Waals surface area contributed by atoms with Gasteiger partial charge in [-0.25, -0.2) is 0 Å². The number of thioether (sulfide) groups is 1. The molecule has 0 aliphatic heterocycles. The Kier molecular flexibility index (Phi) is 6.06. The van der Waals surface area contributed by atoms with Crippen LogP contribution in [0, 0.1) is 12.3 Å². The first-order chi connectivity index (χ1) is 10.7. The third-order valence-electron chi connectivity index (χ3n) is 2.46. The fourth-order valence-corrected chi connectivity index (χ4v) is 3.05. The molecule has 22 heavy (non-hydrogen) atoms. The highest BCUT2D eigenvalue weighted by Gasteiger charge is 2.08. The van der Waals surface area contributed by atoms with Gasteiger partial charge in [0.15, 0.2) is 4.34 Å². The summed E-state index contributed by atoms with van der Waals surface area (Å²) in [6, 6.07) is 7.49. The van der Waals surface area contributed by atoms with Crippen LogP contribution < -0.4 is 15.4 Å². The summed E-state index contributed by atoms with van der Waals surface area (Å²) in [6.45, 7) is 0.236. The highest BCUT2D eigenvalue weighted by Crippen LogP contribution is 2.28. The lowest BCUT2D eigenvalue weighted by atomic mass is 10.3. The van der Waals surface area contributed by atoms with Crippen molar-refractivity contribution in [2.45, 2.75) is 4.34 Å². The first-order valence-corrected chi connectivity index (χ1v) is 8.09. The van der Waals surface area contributed by atoms with Gasteiger partial charge in [0.1, 0.15) is 5.75 Å². The highest BCUT2D eigenvalue weighted by molar-refractivity contribution is 8.01. The Morgan fingerprint density at radius 1 is 1.41 bits per heavy atom. The molecule has 0 aliphatic carbocycles. The molecule has 0 saturated carbocycles. The van der Waals surface area contributed by atoms with E-state index in [4.69, 9.17) is 11.2 Å². The van der Waals surface area contributed by atoms with Crippen molar-refractivity contribution in [3.05, 3.63) is 24.3 Å². The topological polar surface area (TPSA) is 76.1 Å². The number of hydrogen-bond acceptors (Lipinski definition) is 7. The normalized spacial score (nSPS) is 9.82. The number of benzene rings is 1. The third kappa shape index (κ3) is 4.95. The zero-order chi connectivity index (χ0) is 15.8.